The lowest BCUT2D eigenvalue weighted by molar-refractivity contribution is -0.146. The van der Waals surface area contributed by atoms with E-state index in [0.717, 1.165) is 16.9 Å². The van der Waals surface area contributed by atoms with Gasteiger partial charge in [0.25, 0.3) is 0 Å². The quantitative estimate of drug-likeness (QED) is 0.845. The topological polar surface area (TPSA) is 70.0 Å². The molecule has 0 aliphatic carbocycles. The van der Waals surface area contributed by atoms with Crippen molar-refractivity contribution in [2.24, 2.45) is 0 Å². The van der Waals surface area contributed by atoms with Crippen molar-refractivity contribution in [3.8, 4) is 5.75 Å². The standard InChI is InChI=1S/C20H23NO4/c22-17-10-11-21(19(12-17)20(23)24)13-15-6-8-18(9-7-15)25-14-16-4-2-1-3-5-16/h1-9,17,19,22H,10-14H2,(H,23,24)/t17-,19+/m0/s1. The molecule has 1 heterocycles. The van der Waals surface area contributed by atoms with Gasteiger partial charge in [0, 0.05) is 13.1 Å². The lowest BCUT2D eigenvalue weighted by Crippen LogP contribution is -2.48. The molecule has 0 amide bonds. The number of ether oxygens (including phenoxy) is 1. The van der Waals surface area contributed by atoms with Crippen molar-refractivity contribution in [2.45, 2.75) is 38.1 Å². The lowest BCUT2D eigenvalue weighted by Gasteiger charge is -2.35. The zero-order valence-electron chi connectivity index (χ0n) is 14.0. The molecule has 0 aromatic heterocycles. The zero-order chi connectivity index (χ0) is 17.6. The van der Waals surface area contributed by atoms with Crippen molar-refractivity contribution in [2.75, 3.05) is 6.54 Å². The SMILES string of the molecule is O=C(O)[C@H]1C[C@@H](O)CCN1Cc1ccc(OCc2ccccc2)cc1. The van der Waals surface area contributed by atoms with Crippen LogP contribution in [-0.2, 0) is 17.9 Å². The second-order valence-electron chi connectivity index (χ2n) is 6.42. The second kappa shape index (κ2) is 8.14. The molecule has 132 valence electrons. The summed E-state index contributed by atoms with van der Waals surface area (Å²) in [6, 6.07) is 17.1. The summed E-state index contributed by atoms with van der Waals surface area (Å²) in [7, 11) is 0. The molecule has 2 aromatic rings. The first kappa shape index (κ1) is 17.5. The van der Waals surface area contributed by atoms with Gasteiger partial charge in [-0.05, 0) is 36.1 Å². The van der Waals surface area contributed by atoms with Crippen molar-refractivity contribution >= 4 is 5.97 Å². The molecule has 1 saturated heterocycles. The number of benzene rings is 2. The Balaban J connectivity index is 1.57. The normalized spacial score (nSPS) is 21.0. The van der Waals surface area contributed by atoms with Crippen LogP contribution in [0.15, 0.2) is 54.6 Å². The van der Waals surface area contributed by atoms with Crippen LogP contribution in [0.5, 0.6) is 5.75 Å². The van der Waals surface area contributed by atoms with Gasteiger partial charge in [0.15, 0.2) is 0 Å². The van der Waals surface area contributed by atoms with Crippen LogP contribution in [0.1, 0.15) is 24.0 Å². The van der Waals surface area contributed by atoms with Crippen LogP contribution >= 0.6 is 0 Å². The highest BCUT2D eigenvalue weighted by Gasteiger charge is 2.32. The van der Waals surface area contributed by atoms with Crippen LogP contribution in [0, 0.1) is 0 Å². The number of piperidine rings is 1. The molecular formula is C20H23NO4. The van der Waals surface area contributed by atoms with Gasteiger partial charge in [0.2, 0.25) is 0 Å². The van der Waals surface area contributed by atoms with E-state index in [1.165, 1.54) is 0 Å². The average Bonchev–Trinajstić information content (AvgIpc) is 2.63. The Morgan fingerprint density at radius 1 is 1.08 bits per heavy atom. The van der Waals surface area contributed by atoms with E-state index in [-0.39, 0.29) is 6.42 Å². The number of aliphatic hydroxyl groups excluding tert-OH is 1. The molecule has 0 radical (unpaired) electrons. The Bertz CT molecular complexity index is 687. The van der Waals surface area contributed by atoms with Gasteiger partial charge in [-0.3, -0.25) is 9.69 Å². The fourth-order valence-corrected chi connectivity index (χ4v) is 3.11. The minimum Gasteiger partial charge on any atom is -0.489 e. The maximum atomic E-state index is 11.4. The predicted octanol–water partition coefficient (Wildman–Crippen LogP) is 2.68. The Kier molecular flexibility index (Phi) is 5.68. The van der Waals surface area contributed by atoms with E-state index in [9.17, 15) is 15.0 Å². The number of likely N-dealkylation sites (tertiary alicyclic amines) is 1. The Morgan fingerprint density at radius 2 is 1.80 bits per heavy atom. The number of carboxylic acids is 1. The van der Waals surface area contributed by atoms with Crippen LogP contribution in [0.4, 0.5) is 0 Å². The maximum absolute atomic E-state index is 11.4. The summed E-state index contributed by atoms with van der Waals surface area (Å²) in [5.41, 5.74) is 2.15. The van der Waals surface area contributed by atoms with E-state index < -0.39 is 18.1 Å². The summed E-state index contributed by atoms with van der Waals surface area (Å²) in [5.74, 6) is -0.0852. The number of carboxylic acid groups (broad SMARTS) is 1. The van der Waals surface area contributed by atoms with Crippen molar-refractivity contribution in [1.82, 2.24) is 4.90 Å². The molecule has 25 heavy (non-hydrogen) atoms. The van der Waals surface area contributed by atoms with Crippen molar-refractivity contribution in [3.63, 3.8) is 0 Å². The van der Waals surface area contributed by atoms with E-state index >= 15 is 0 Å². The fraction of sp³-hybridized carbons (Fsp3) is 0.350. The van der Waals surface area contributed by atoms with Gasteiger partial charge in [0.05, 0.1) is 6.10 Å². The highest BCUT2D eigenvalue weighted by molar-refractivity contribution is 5.73. The molecule has 2 atom stereocenters. The third-order valence-electron chi connectivity index (χ3n) is 4.53. The first-order chi connectivity index (χ1) is 12.1. The van der Waals surface area contributed by atoms with Gasteiger partial charge in [-0.1, -0.05) is 42.5 Å². The van der Waals surface area contributed by atoms with E-state index in [1.807, 2.05) is 59.5 Å². The minimum absolute atomic E-state index is 0.285. The Labute approximate surface area is 147 Å². The largest absolute Gasteiger partial charge is 0.489 e. The van der Waals surface area contributed by atoms with Gasteiger partial charge in [-0.15, -0.1) is 0 Å². The molecule has 0 unspecified atom stereocenters. The van der Waals surface area contributed by atoms with Crippen LogP contribution in [0.25, 0.3) is 0 Å². The molecule has 3 rings (SSSR count). The number of rotatable bonds is 6. The summed E-state index contributed by atoms with van der Waals surface area (Å²) < 4.78 is 5.77. The van der Waals surface area contributed by atoms with Gasteiger partial charge in [-0.25, -0.2) is 0 Å². The van der Waals surface area contributed by atoms with Crippen LogP contribution < -0.4 is 4.74 Å². The molecule has 5 nitrogen and oxygen atoms in total. The number of carbonyl (C=O) groups is 1. The zero-order valence-corrected chi connectivity index (χ0v) is 14.0. The van der Waals surface area contributed by atoms with Crippen LogP contribution in [-0.4, -0.2) is 39.8 Å². The van der Waals surface area contributed by atoms with Gasteiger partial charge in [-0.2, -0.15) is 0 Å². The number of nitrogens with zero attached hydrogens (tertiary/aromatic N) is 1. The van der Waals surface area contributed by atoms with Crippen molar-refractivity contribution in [1.29, 1.82) is 0 Å². The predicted molar refractivity (Wildman–Crippen MR) is 94.3 cm³/mol. The highest BCUT2D eigenvalue weighted by Crippen LogP contribution is 2.22. The molecule has 1 aliphatic heterocycles. The first-order valence-electron chi connectivity index (χ1n) is 8.52. The molecule has 0 saturated carbocycles. The van der Waals surface area contributed by atoms with Crippen molar-refractivity contribution in [3.05, 3.63) is 65.7 Å². The highest BCUT2D eigenvalue weighted by atomic mass is 16.5. The van der Waals surface area contributed by atoms with Gasteiger partial charge >= 0.3 is 5.97 Å². The van der Waals surface area contributed by atoms with Crippen molar-refractivity contribution < 1.29 is 19.7 Å². The Morgan fingerprint density at radius 3 is 2.48 bits per heavy atom. The maximum Gasteiger partial charge on any atom is 0.321 e. The molecule has 5 heteroatoms. The molecule has 0 spiro atoms. The summed E-state index contributed by atoms with van der Waals surface area (Å²) in [5, 5.41) is 19.0. The smallest absolute Gasteiger partial charge is 0.321 e. The summed E-state index contributed by atoms with van der Waals surface area (Å²) in [6.07, 6.45) is 0.376. The van der Waals surface area contributed by atoms with Crippen LogP contribution in [0.3, 0.4) is 0 Å². The van der Waals surface area contributed by atoms with E-state index in [0.29, 0.717) is 26.1 Å². The average molecular weight is 341 g/mol. The molecule has 0 bridgehead atoms. The third kappa shape index (κ3) is 4.81. The monoisotopic (exact) mass is 341 g/mol. The molecule has 1 aliphatic rings. The number of hydrogen-bond acceptors (Lipinski definition) is 4. The van der Waals surface area contributed by atoms with E-state index in [1.54, 1.807) is 0 Å². The molecule has 1 fully saturated rings. The summed E-state index contributed by atoms with van der Waals surface area (Å²) >= 11 is 0. The number of aliphatic carboxylic acids is 1. The van der Waals surface area contributed by atoms with Gasteiger partial charge in [0.1, 0.15) is 18.4 Å². The minimum atomic E-state index is -0.874. The number of aliphatic hydroxyl groups is 1. The second-order valence-corrected chi connectivity index (χ2v) is 6.42. The first-order valence-corrected chi connectivity index (χ1v) is 8.52. The lowest BCUT2D eigenvalue weighted by atomic mass is 9.98. The summed E-state index contributed by atoms with van der Waals surface area (Å²) in [6.45, 7) is 1.67. The molecular weight excluding hydrogens is 318 g/mol. The van der Waals surface area contributed by atoms with E-state index in [2.05, 4.69) is 0 Å². The number of hydrogen-bond donors (Lipinski definition) is 2. The summed E-state index contributed by atoms with van der Waals surface area (Å²) in [4.78, 5) is 13.3. The molecule has 2 aromatic carbocycles. The van der Waals surface area contributed by atoms with E-state index in [4.69, 9.17) is 4.74 Å². The van der Waals surface area contributed by atoms with Gasteiger partial charge < -0.3 is 14.9 Å². The van der Waals surface area contributed by atoms with Crippen LogP contribution in [0.2, 0.25) is 0 Å². The molecule has 2 N–H and O–H groups in total. The fourth-order valence-electron chi connectivity index (χ4n) is 3.11. The third-order valence-corrected chi connectivity index (χ3v) is 4.53. The Hall–Kier alpha value is -2.37.